The van der Waals surface area contributed by atoms with Crippen LogP contribution in [0.5, 0.6) is 0 Å². The smallest absolute Gasteiger partial charge is 0.0483 e. The van der Waals surface area contributed by atoms with Gasteiger partial charge < -0.3 is 5.11 Å². The summed E-state index contributed by atoms with van der Waals surface area (Å²) in [4.78, 5) is 0. The van der Waals surface area contributed by atoms with Gasteiger partial charge in [0.1, 0.15) is 0 Å². The largest absolute Gasteiger partial charge is 0.394 e. The van der Waals surface area contributed by atoms with Crippen molar-refractivity contribution >= 4 is 0 Å². The first-order chi connectivity index (χ1) is 6.16. The molecule has 74 valence electrons. The van der Waals surface area contributed by atoms with Gasteiger partial charge in [0, 0.05) is 6.10 Å². The first-order valence-corrected chi connectivity index (χ1v) is 4.88. The second kappa shape index (κ2) is 7.81. The van der Waals surface area contributed by atoms with Crippen molar-refractivity contribution in [1.29, 1.82) is 0 Å². The Morgan fingerprint density at radius 1 is 1.15 bits per heavy atom. The number of benzene rings is 1. The van der Waals surface area contributed by atoms with Gasteiger partial charge in [-0.3, -0.25) is 0 Å². The molecule has 0 unspecified atom stereocenters. The summed E-state index contributed by atoms with van der Waals surface area (Å²) in [5.41, 5.74) is 1.44. The Balaban J connectivity index is 0.000000310. The lowest BCUT2D eigenvalue weighted by atomic mass is 10.1. The molecule has 0 aliphatic rings. The summed E-state index contributed by atoms with van der Waals surface area (Å²) in [5.74, 6) is 0. The molecule has 0 atom stereocenters. The quantitative estimate of drug-likeness (QED) is 0.741. The molecule has 0 amide bonds. The number of aryl methyl sites for hydroxylation is 1. The maximum atomic E-state index is 8.06. The number of hydrogen-bond donors (Lipinski definition) is 1. The standard InChI is InChI=1S/C9H12.C3H8O/c1-2-6-9-7-4-3-5-8-9;1-3(2)4/h3-5,7-8H,2,6H2,1H3;3-4H,1-2H3. The summed E-state index contributed by atoms with van der Waals surface area (Å²) in [6, 6.07) is 10.6. The van der Waals surface area contributed by atoms with Gasteiger partial charge in [-0.25, -0.2) is 0 Å². The molecular formula is C12H20O. The van der Waals surface area contributed by atoms with E-state index in [-0.39, 0.29) is 6.10 Å². The monoisotopic (exact) mass is 180 g/mol. The number of rotatable bonds is 2. The molecule has 0 fully saturated rings. The van der Waals surface area contributed by atoms with Gasteiger partial charge in [-0.2, -0.15) is 0 Å². The SMILES string of the molecule is CC(C)O.CCCc1ccccc1. The van der Waals surface area contributed by atoms with E-state index < -0.39 is 0 Å². The van der Waals surface area contributed by atoms with Crippen molar-refractivity contribution in [3.8, 4) is 0 Å². The predicted octanol–water partition coefficient (Wildman–Crippen LogP) is 3.03. The Hall–Kier alpha value is -0.820. The molecule has 1 aromatic carbocycles. The van der Waals surface area contributed by atoms with E-state index in [1.165, 1.54) is 18.4 Å². The molecule has 0 aliphatic carbocycles. The van der Waals surface area contributed by atoms with Gasteiger partial charge in [-0.15, -0.1) is 0 Å². The highest BCUT2D eigenvalue weighted by molar-refractivity contribution is 5.14. The molecule has 13 heavy (non-hydrogen) atoms. The Labute approximate surface area is 81.4 Å². The van der Waals surface area contributed by atoms with Crippen LogP contribution >= 0.6 is 0 Å². The van der Waals surface area contributed by atoms with Crippen LogP contribution in [-0.2, 0) is 6.42 Å². The molecule has 0 heterocycles. The molecule has 1 aromatic rings. The molecule has 0 spiro atoms. The lowest BCUT2D eigenvalue weighted by Crippen LogP contribution is -1.85. The summed E-state index contributed by atoms with van der Waals surface area (Å²) in [7, 11) is 0. The number of aliphatic hydroxyl groups excluding tert-OH is 1. The third-order valence-electron chi connectivity index (χ3n) is 1.38. The minimum Gasteiger partial charge on any atom is -0.394 e. The van der Waals surface area contributed by atoms with E-state index in [0.717, 1.165) is 0 Å². The molecule has 0 bridgehead atoms. The van der Waals surface area contributed by atoms with Gasteiger partial charge in [-0.1, -0.05) is 43.7 Å². The zero-order chi connectivity index (χ0) is 10.1. The summed E-state index contributed by atoms with van der Waals surface area (Å²) in [5, 5.41) is 8.06. The van der Waals surface area contributed by atoms with Gasteiger partial charge in [-0.05, 0) is 25.8 Å². The summed E-state index contributed by atoms with van der Waals surface area (Å²) >= 11 is 0. The van der Waals surface area contributed by atoms with Crippen molar-refractivity contribution in [2.75, 3.05) is 0 Å². The van der Waals surface area contributed by atoms with Crippen LogP contribution < -0.4 is 0 Å². The van der Waals surface area contributed by atoms with E-state index in [2.05, 4.69) is 37.3 Å². The first-order valence-electron chi connectivity index (χ1n) is 4.88. The first kappa shape index (κ1) is 12.2. The molecule has 0 aromatic heterocycles. The summed E-state index contributed by atoms with van der Waals surface area (Å²) in [6.45, 7) is 5.65. The van der Waals surface area contributed by atoms with Crippen molar-refractivity contribution in [1.82, 2.24) is 0 Å². The lowest BCUT2D eigenvalue weighted by Gasteiger charge is -1.93. The second-order valence-corrected chi connectivity index (χ2v) is 3.33. The van der Waals surface area contributed by atoms with Crippen molar-refractivity contribution in [3.05, 3.63) is 35.9 Å². The predicted molar refractivity (Wildman–Crippen MR) is 57.8 cm³/mol. The van der Waals surface area contributed by atoms with Crippen molar-refractivity contribution in [3.63, 3.8) is 0 Å². The Kier molecular flexibility index (Phi) is 7.32. The second-order valence-electron chi connectivity index (χ2n) is 3.33. The van der Waals surface area contributed by atoms with E-state index in [4.69, 9.17) is 5.11 Å². The van der Waals surface area contributed by atoms with Crippen LogP contribution in [0.2, 0.25) is 0 Å². The molecule has 1 nitrogen and oxygen atoms in total. The average Bonchev–Trinajstić information content (AvgIpc) is 2.06. The topological polar surface area (TPSA) is 20.2 Å². The van der Waals surface area contributed by atoms with Gasteiger partial charge in [0.15, 0.2) is 0 Å². The van der Waals surface area contributed by atoms with Crippen LogP contribution in [0.1, 0.15) is 32.8 Å². The number of aliphatic hydroxyl groups is 1. The van der Waals surface area contributed by atoms with Crippen molar-refractivity contribution < 1.29 is 5.11 Å². The zero-order valence-electron chi connectivity index (χ0n) is 8.83. The molecule has 1 heteroatoms. The van der Waals surface area contributed by atoms with E-state index in [0.29, 0.717) is 0 Å². The fraction of sp³-hybridized carbons (Fsp3) is 0.500. The maximum Gasteiger partial charge on any atom is 0.0483 e. The average molecular weight is 180 g/mol. The Bertz CT molecular complexity index is 189. The third kappa shape index (κ3) is 9.09. The van der Waals surface area contributed by atoms with E-state index in [1.54, 1.807) is 13.8 Å². The van der Waals surface area contributed by atoms with Gasteiger partial charge >= 0.3 is 0 Å². The van der Waals surface area contributed by atoms with Crippen LogP contribution in [0, 0.1) is 0 Å². The van der Waals surface area contributed by atoms with Crippen LogP contribution in [-0.4, -0.2) is 11.2 Å². The molecule has 0 aliphatic heterocycles. The van der Waals surface area contributed by atoms with Gasteiger partial charge in [0.25, 0.3) is 0 Å². The summed E-state index contributed by atoms with van der Waals surface area (Å²) in [6.07, 6.45) is 2.28. The van der Waals surface area contributed by atoms with Crippen LogP contribution in [0.25, 0.3) is 0 Å². The normalized spacial score (nSPS) is 9.31. The van der Waals surface area contributed by atoms with E-state index >= 15 is 0 Å². The highest BCUT2D eigenvalue weighted by Crippen LogP contribution is 2.00. The minimum atomic E-state index is -0.167. The third-order valence-corrected chi connectivity index (χ3v) is 1.38. The summed E-state index contributed by atoms with van der Waals surface area (Å²) < 4.78 is 0. The molecule has 0 saturated heterocycles. The molecule has 0 radical (unpaired) electrons. The molecule has 0 saturated carbocycles. The maximum absolute atomic E-state index is 8.06. The number of hydrogen-bond acceptors (Lipinski definition) is 1. The van der Waals surface area contributed by atoms with Crippen LogP contribution in [0.15, 0.2) is 30.3 Å². The van der Waals surface area contributed by atoms with Crippen LogP contribution in [0.4, 0.5) is 0 Å². The lowest BCUT2D eigenvalue weighted by molar-refractivity contribution is 0.216. The highest BCUT2D eigenvalue weighted by atomic mass is 16.3. The fourth-order valence-corrected chi connectivity index (χ4v) is 0.933. The van der Waals surface area contributed by atoms with Crippen molar-refractivity contribution in [2.24, 2.45) is 0 Å². The fourth-order valence-electron chi connectivity index (χ4n) is 0.933. The van der Waals surface area contributed by atoms with E-state index in [1.807, 2.05) is 0 Å². The molecule has 1 N–H and O–H groups in total. The molecular weight excluding hydrogens is 160 g/mol. The zero-order valence-corrected chi connectivity index (χ0v) is 8.83. The van der Waals surface area contributed by atoms with Crippen LogP contribution in [0.3, 0.4) is 0 Å². The van der Waals surface area contributed by atoms with Gasteiger partial charge in [0.2, 0.25) is 0 Å². The Morgan fingerprint density at radius 2 is 1.62 bits per heavy atom. The highest BCUT2D eigenvalue weighted by Gasteiger charge is 1.84. The van der Waals surface area contributed by atoms with Crippen molar-refractivity contribution in [2.45, 2.75) is 39.7 Å². The minimum absolute atomic E-state index is 0.167. The molecule has 1 rings (SSSR count). The Morgan fingerprint density at radius 3 is 2.00 bits per heavy atom. The van der Waals surface area contributed by atoms with E-state index in [9.17, 15) is 0 Å². The van der Waals surface area contributed by atoms with Gasteiger partial charge in [0.05, 0.1) is 0 Å².